The molecule has 0 aromatic rings. The summed E-state index contributed by atoms with van der Waals surface area (Å²) in [6.45, 7) is 4.63. The molecule has 0 aliphatic carbocycles. The summed E-state index contributed by atoms with van der Waals surface area (Å²) in [6, 6.07) is 0. The summed E-state index contributed by atoms with van der Waals surface area (Å²) in [7, 11) is 0. The van der Waals surface area contributed by atoms with E-state index >= 15 is 0 Å². The molecule has 17 heavy (non-hydrogen) atoms. The van der Waals surface area contributed by atoms with E-state index in [0.717, 1.165) is 25.0 Å². The van der Waals surface area contributed by atoms with Crippen LogP contribution in [0.3, 0.4) is 0 Å². The van der Waals surface area contributed by atoms with Crippen LogP contribution in [0, 0.1) is 5.92 Å². The molecule has 1 nitrogen and oxygen atoms in total. The lowest BCUT2D eigenvalue weighted by atomic mass is 9.96. The van der Waals surface area contributed by atoms with Crippen LogP contribution in [0.25, 0.3) is 0 Å². The Kier molecular flexibility index (Phi) is 13.5. The van der Waals surface area contributed by atoms with E-state index in [1.165, 1.54) is 64.2 Å². The van der Waals surface area contributed by atoms with Gasteiger partial charge in [-0.05, 0) is 12.3 Å². The van der Waals surface area contributed by atoms with Gasteiger partial charge in [-0.15, -0.1) is 0 Å². The number of hydrogen-bond acceptors (Lipinski definition) is 1. The molecule has 0 spiro atoms. The molecule has 0 fully saturated rings. The zero-order chi connectivity index (χ0) is 12.8. The molecule has 0 heterocycles. The fourth-order valence-electron chi connectivity index (χ4n) is 2.31. The first-order chi connectivity index (χ1) is 8.31. The Bertz CT molecular complexity index is 154. The number of carbonyl (C=O) groups is 1. The summed E-state index contributed by atoms with van der Waals surface area (Å²) in [5.74, 6) is 0.859. The van der Waals surface area contributed by atoms with E-state index in [2.05, 4.69) is 13.8 Å². The quantitative estimate of drug-likeness (QED) is 0.306. The van der Waals surface area contributed by atoms with Gasteiger partial charge < -0.3 is 4.79 Å². The van der Waals surface area contributed by atoms with Gasteiger partial charge in [0.05, 0.1) is 0 Å². The van der Waals surface area contributed by atoms with Crippen molar-refractivity contribution in [1.29, 1.82) is 0 Å². The van der Waals surface area contributed by atoms with Gasteiger partial charge >= 0.3 is 0 Å². The highest BCUT2D eigenvalue weighted by molar-refractivity contribution is 5.48. The molecule has 1 heteroatoms. The minimum atomic E-state index is 0.754. The molecule has 0 aliphatic heterocycles. The molecule has 1 unspecified atom stereocenters. The Balaban J connectivity index is 3.10. The first kappa shape index (κ1) is 16.7. The zero-order valence-electron chi connectivity index (χ0n) is 12.0. The van der Waals surface area contributed by atoms with Gasteiger partial charge in [0.2, 0.25) is 0 Å². The molecule has 0 saturated heterocycles. The van der Waals surface area contributed by atoms with E-state index in [9.17, 15) is 4.79 Å². The number of rotatable bonds is 13. The lowest BCUT2D eigenvalue weighted by molar-refractivity contribution is -0.107. The third kappa shape index (κ3) is 13.6. The van der Waals surface area contributed by atoms with Crippen molar-refractivity contribution in [1.82, 2.24) is 0 Å². The Hall–Kier alpha value is -0.330. The van der Waals surface area contributed by atoms with Crippen LogP contribution in [0.2, 0.25) is 0 Å². The van der Waals surface area contributed by atoms with Crippen molar-refractivity contribution >= 4 is 6.29 Å². The number of unbranched alkanes of at least 4 members (excludes halogenated alkanes) is 8. The molecule has 0 rings (SSSR count). The minimum Gasteiger partial charge on any atom is -0.303 e. The lowest BCUT2D eigenvalue weighted by Gasteiger charge is -2.10. The second-order valence-corrected chi connectivity index (χ2v) is 5.47. The summed E-state index contributed by atoms with van der Waals surface area (Å²) in [4.78, 5) is 10.2. The summed E-state index contributed by atoms with van der Waals surface area (Å²) in [5.41, 5.74) is 0. The van der Waals surface area contributed by atoms with Gasteiger partial charge in [0.15, 0.2) is 0 Å². The first-order valence-electron chi connectivity index (χ1n) is 7.74. The Labute approximate surface area is 108 Å². The maximum absolute atomic E-state index is 10.2. The average molecular weight is 240 g/mol. The van der Waals surface area contributed by atoms with E-state index in [4.69, 9.17) is 0 Å². The van der Waals surface area contributed by atoms with Crippen LogP contribution < -0.4 is 0 Å². The predicted octanol–water partition coefficient (Wildman–Crippen LogP) is 5.52. The van der Waals surface area contributed by atoms with Crippen molar-refractivity contribution in [2.24, 2.45) is 5.92 Å². The van der Waals surface area contributed by atoms with Crippen molar-refractivity contribution in [2.45, 2.75) is 90.9 Å². The highest BCUT2D eigenvalue weighted by Crippen LogP contribution is 2.17. The van der Waals surface area contributed by atoms with Gasteiger partial charge in [0.1, 0.15) is 6.29 Å². The van der Waals surface area contributed by atoms with Crippen molar-refractivity contribution < 1.29 is 4.79 Å². The summed E-state index contributed by atoms with van der Waals surface area (Å²) < 4.78 is 0. The van der Waals surface area contributed by atoms with Crippen LogP contribution >= 0.6 is 0 Å². The lowest BCUT2D eigenvalue weighted by Crippen LogP contribution is -1.95. The molecule has 102 valence electrons. The summed E-state index contributed by atoms with van der Waals surface area (Å²) in [6.07, 6.45) is 16.7. The molecule has 0 saturated carbocycles. The molecule has 1 atom stereocenters. The number of carbonyl (C=O) groups excluding carboxylic acids is 1. The zero-order valence-corrected chi connectivity index (χ0v) is 12.0. The largest absolute Gasteiger partial charge is 0.303 e. The monoisotopic (exact) mass is 240 g/mol. The number of hydrogen-bond donors (Lipinski definition) is 0. The van der Waals surface area contributed by atoms with Crippen molar-refractivity contribution in [3.05, 3.63) is 0 Å². The molecular formula is C16H32O. The van der Waals surface area contributed by atoms with Crippen LogP contribution in [-0.2, 0) is 4.79 Å². The topological polar surface area (TPSA) is 17.1 Å². The molecular weight excluding hydrogens is 208 g/mol. The SMILES string of the molecule is CCCCCCCCCC(C)CCCCC=O. The first-order valence-corrected chi connectivity index (χ1v) is 7.74. The van der Waals surface area contributed by atoms with Crippen molar-refractivity contribution in [3.63, 3.8) is 0 Å². The molecule has 0 aromatic carbocycles. The van der Waals surface area contributed by atoms with Crippen molar-refractivity contribution in [2.75, 3.05) is 0 Å². The van der Waals surface area contributed by atoms with Crippen LogP contribution in [-0.4, -0.2) is 6.29 Å². The summed E-state index contributed by atoms with van der Waals surface area (Å²) in [5, 5.41) is 0. The maximum atomic E-state index is 10.2. The van der Waals surface area contributed by atoms with Crippen LogP contribution in [0.5, 0.6) is 0 Å². The third-order valence-corrected chi connectivity index (χ3v) is 3.57. The average Bonchev–Trinajstić information content (AvgIpc) is 2.33. The second-order valence-electron chi connectivity index (χ2n) is 5.47. The Morgan fingerprint density at radius 2 is 1.35 bits per heavy atom. The van der Waals surface area contributed by atoms with E-state index in [-0.39, 0.29) is 0 Å². The van der Waals surface area contributed by atoms with Crippen LogP contribution in [0.4, 0.5) is 0 Å². The van der Waals surface area contributed by atoms with Gasteiger partial charge in [-0.3, -0.25) is 0 Å². The molecule has 0 aromatic heterocycles. The normalized spacial score (nSPS) is 12.6. The third-order valence-electron chi connectivity index (χ3n) is 3.57. The van der Waals surface area contributed by atoms with Gasteiger partial charge in [0.25, 0.3) is 0 Å². The van der Waals surface area contributed by atoms with E-state index in [1.807, 2.05) is 0 Å². The maximum Gasteiger partial charge on any atom is 0.119 e. The van der Waals surface area contributed by atoms with Gasteiger partial charge in [-0.1, -0.05) is 78.1 Å². The standard InChI is InChI=1S/C16H32O/c1-3-4-5-6-7-8-10-13-16(2)14-11-9-12-15-17/h15-16H,3-14H2,1-2H3. The van der Waals surface area contributed by atoms with Crippen molar-refractivity contribution in [3.8, 4) is 0 Å². The predicted molar refractivity (Wildman–Crippen MR) is 76.3 cm³/mol. The van der Waals surface area contributed by atoms with Gasteiger partial charge in [-0.2, -0.15) is 0 Å². The second kappa shape index (κ2) is 13.7. The van der Waals surface area contributed by atoms with Crippen LogP contribution in [0.15, 0.2) is 0 Å². The van der Waals surface area contributed by atoms with Crippen LogP contribution in [0.1, 0.15) is 90.9 Å². The fraction of sp³-hybridized carbons (Fsp3) is 0.938. The fourth-order valence-corrected chi connectivity index (χ4v) is 2.31. The van der Waals surface area contributed by atoms with Gasteiger partial charge in [0, 0.05) is 6.42 Å². The summed E-state index contributed by atoms with van der Waals surface area (Å²) >= 11 is 0. The van der Waals surface area contributed by atoms with E-state index in [1.54, 1.807) is 0 Å². The van der Waals surface area contributed by atoms with Gasteiger partial charge in [-0.25, -0.2) is 0 Å². The highest BCUT2D eigenvalue weighted by Gasteiger charge is 2.01. The molecule has 0 aliphatic rings. The molecule has 0 bridgehead atoms. The highest BCUT2D eigenvalue weighted by atomic mass is 16.1. The molecule has 0 radical (unpaired) electrons. The molecule has 0 N–H and O–H groups in total. The van der Waals surface area contributed by atoms with E-state index in [0.29, 0.717) is 0 Å². The Morgan fingerprint density at radius 1 is 0.824 bits per heavy atom. The van der Waals surface area contributed by atoms with E-state index < -0.39 is 0 Å². The number of aldehydes is 1. The Morgan fingerprint density at radius 3 is 1.94 bits per heavy atom. The molecule has 0 amide bonds. The smallest absolute Gasteiger partial charge is 0.119 e. The minimum absolute atomic E-state index is 0.754.